The lowest BCUT2D eigenvalue weighted by Gasteiger charge is -2.14. The molecule has 94 valence electrons. The van der Waals surface area contributed by atoms with Crippen molar-refractivity contribution in [3.8, 4) is 0 Å². The lowest BCUT2D eigenvalue weighted by atomic mass is 10.1. The van der Waals surface area contributed by atoms with Crippen molar-refractivity contribution in [1.29, 1.82) is 0 Å². The highest BCUT2D eigenvalue weighted by Gasteiger charge is 2.15. The summed E-state index contributed by atoms with van der Waals surface area (Å²) in [7, 11) is 0. The van der Waals surface area contributed by atoms with Crippen LogP contribution in [-0.4, -0.2) is 24.2 Å². The number of nitrogens with two attached hydrogens (primary N) is 1. The highest BCUT2D eigenvalue weighted by molar-refractivity contribution is 7.99. The van der Waals surface area contributed by atoms with Gasteiger partial charge in [0.25, 0.3) is 0 Å². The molecule has 1 aromatic rings. The first-order valence-corrected chi connectivity index (χ1v) is 7.42. The van der Waals surface area contributed by atoms with E-state index in [1.165, 1.54) is 24.0 Å². The fourth-order valence-electron chi connectivity index (χ4n) is 2.01. The highest BCUT2D eigenvalue weighted by Crippen LogP contribution is 2.21. The molecule has 3 heteroatoms. The van der Waals surface area contributed by atoms with Crippen LogP contribution in [0.2, 0.25) is 0 Å². The van der Waals surface area contributed by atoms with Crippen LogP contribution in [0.4, 0.5) is 0 Å². The third-order valence-corrected chi connectivity index (χ3v) is 4.33. The topological polar surface area (TPSA) is 35.2 Å². The lowest BCUT2D eigenvalue weighted by molar-refractivity contribution is 0.129. The zero-order chi connectivity index (χ0) is 12.1. The molecule has 0 spiro atoms. The van der Waals surface area contributed by atoms with E-state index in [0.29, 0.717) is 6.10 Å². The number of aryl methyl sites for hydroxylation is 1. The fourth-order valence-corrected chi connectivity index (χ4v) is 3.12. The fraction of sp³-hybridized carbons (Fsp3) is 0.571. The summed E-state index contributed by atoms with van der Waals surface area (Å²) in [6.07, 6.45) is 2.90. The standard InChI is InChI=1S/C14H21NOS/c1-11-4-6-12(7-5-11)14(15)10-17-9-13-3-2-8-16-13/h4-7,13-14H,2-3,8-10,15H2,1H3. The van der Waals surface area contributed by atoms with E-state index in [0.717, 1.165) is 18.1 Å². The van der Waals surface area contributed by atoms with Crippen LogP contribution in [0.25, 0.3) is 0 Å². The second-order valence-electron chi connectivity index (χ2n) is 4.69. The van der Waals surface area contributed by atoms with Gasteiger partial charge in [-0.05, 0) is 25.3 Å². The normalized spacial score (nSPS) is 21.6. The Labute approximate surface area is 108 Å². The number of thioether (sulfide) groups is 1. The van der Waals surface area contributed by atoms with E-state index in [9.17, 15) is 0 Å². The van der Waals surface area contributed by atoms with Gasteiger partial charge in [0.05, 0.1) is 6.10 Å². The number of hydrogen-bond acceptors (Lipinski definition) is 3. The quantitative estimate of drug-likeness (QED) is 0.874. The van der Waals surface area contributed by atoms with Crippen molar-refractivity contribution in [2.45, 2.75) is 31.9 Å². The third kappa shape index (κ3) is 4.02. The Balaban J connectivity index is 1.72. The van der Waals surface area contributed by atoms with Crippen LogP contribution < -0.4 is 5.73 Å². The SMILES string of the molecule is Cc1ccc(C(N)CSCC2CCCO2)cc1. The zero-order valence-corrected chi connectivity index (χ0v) is 11.2. The molecule has 1 saturated heterocycles. The molecule has 17 heavy (non-hydrogen) atoms. The summed E-state index contributed by atoms with van der Waals surface area (Å²) >= 11 is 1.91. The smallest absolute Gasteiger partial charge is 0.0666 e. The summed E-state index contributed by atoms with van der Waals surface area (Å²) in [6, 6.07) is 8.65. The van der Waals surface area contributed by atoms with Crippen LogP contribution in [0.1, 0.15) is 30.0 Å². The molecule has 0 aromatic heterocycles. The zero-order valence-electron chi connectivity index (χ0n) is 10.4. The van der Waals surface area contributed by atoms with Crippen LogP contribution >= 0.6 is 11.8 Å². The Bertz CT molecular complexity index is 333. The van der Waals surface area contributed by atoms with Gasteiger partial charge in [-0.3, -0.25) is 0 Å². The van der Waals surface area contributed by atoms with Crippen LogP contribution in [0.3, 0.4) is 0 Å². The summed E-state index contributed by atoms with van der Waals surface area (Å²) in [4.78, 5) is 0. The van der Waals surface area contributed by atoms with Gasteiger partial charge in [0, 0.05) is 24.2 Å². The van der Waals surface area contributed by atoms with Crippen molar-refractivity contribution in [1.82, 2.24) is 0 Å². The van der Waals surface area contributed by atoms with Crippen molar-refractivity contribution < 1.29 is 4.74 Å². The van der Waals surface area contributed by atoms with E-state index in [2.05, 4.69) is 31.2 Å². The van der Waals surface area contributed by atoms with Gasteiger partial charge in [0.15, 0.2) is 0 Å². The third-order valence-electron chi connectivity index (χ3n) is 3.13. The largest absolute Gasteiger partial charge is 0.377 e. The molecule has 0 amide bonds. The summed E-state index contributed by atoms with van der Waals surface area (Å²) in [5.41, 5.74) is 8.69. The van der Waals surface area contributed by atoms with Crippen molar-refractivity contribution in [2.24, 2.45) is 5.73 Å². The molecule has 1 aliphatic rings. The molecule has 0 radical (unpaired) electrons. The van der Waals surface area contributed by atoms with Gasteiger partial charge in [0.1, 0.15) is 0 Å². The summed E-state index contributed by atoms with van der Waals surface area (Å²) in [5, 5.41) is 0. The highest BCUT2D eigenvalue weighted by atomic mass is 32.2. The van der Waals surface area contributed by atoms with E-state index in [4.69, 9.17) is 10.5 Å². The molecule has 0 saturated carbocycles. The first-order chi connectivity index (χ1) is 8.25. The van der Waals surface area contributed by atoms with Crippen molar-refractivity contribution in [3.63, 3.8) is 0 Å². The van der Waals surface area contributed by atoms with Crippen LogP contribution in [0.5, 0.6) is 0 Å². The molecule has 2 N–H and O–H groups in total. The van der Waals surface area contributed by atoms with Gasteiger partial charge in [-0.1, -0.05) is 29.8 Å². The molecule has 0 aliphatic carbocycles. The van der Waals surface area contributed by atoms with E-state index in [1.54, 1.807) is 0 Å². The second-order valence-corrected chi connectivity index (χ2v) is 5.76. The van der Waals surface area contributed by atoms with E-state index < -0.39 is 0 Å². The van der Waals surface area contributed by atoms with Crippen LogP contribution in [-0.2, 0) is 4.74 Å². The average Bonchev–Trinajstić information content (AvgIpc) is 2.83. The first-order valence-electron chi connectivity index (χ1n) is 6.27. The van der Waals surface area contributed by atoms with Gasteiger partial charge in [-0.2, -0.15) is 11.8 Å². The maximum Gasteiger partial charge on any atom is 0.0666 e. The molecular weight excluding hydrogens is 230 g/mol. The van der Waals surface area contributed by atoms with Gasteiger partial charge >= 0.3 is 0 Å². The number of hydrogen-bond donors (Lipinski definition) is 1. The Morgan fingerprint density at radius 3 is 2.82 bits per heavy atom. The number of rotatable bonds is 5. The summed E-state index contributed by atoms with van der Waals surface area (Å²) < 4.78 is 5.59. The Hall–Kier alpha value is -0.510. The predicted octanol–water partition coefficient (Wildman–Crippen LogP) is 2.91. The number of benzene rings is 1. The second kappa shape index (κ2) is 6.43. The number of ether oxygens (including phenoxy) is 1. The van der Waals surface area contributed by atoms with Crippen molar-refractivity contribution >= 4 is 11.8 Å². The van der Waals surface area contributed by atoms with Crippen LogP contribution in [0, 0.1) is 6.92 Å². The Morgan fingerprint density at radius 2 is 2.18 bits per heavy atom. The van der Waals surface area contributed by atoms with E-state index in [-0.39, 0.29) is 6.04 Å². The molecule has 0 bridgehead atoms. The Morgan fingerprint density at radius 1 is 1.41 bits per heavy atom. The monoisotopic (exact) mass is 251 g/mol. The maximum absolute atomic E-state index is 6.17. The van der Waals surface area contributed by atoms with Gasteiger partial charge in [-0.15, -0.1) is 0 Å². The lowest BCUT2D eigenvalue weighted by Crippen LogP contribution is -2.15. The maximum atomic E-state index is 6.17. The summed E-state index contributed by atoms with van der Waals surface area (Å²) in [6.45, 7) is 3.04. The van der Waals surface area contributed by atoms with E-state index in [1.807, 2.05) is 11.8 Å². The minimum Gasteiger partial charge on any atom is -0.377 e. The molecule has 2 atom stereocenters. The molecule has 2 unspecified atom stereocenters. The molecule has 1 fully saturated rings. The molecule has 1 aliphatic heterocycles. The first kappa shape index (κ1) is 12.9. The average molecular weight is 251 g/mol. The van der Waals surface area contributed by atoms with E-state index >= 15 is 0 Å². The van der Waals surface area contributed by atoms with Crippen molar-refractivity contribution in [3.05, 3.63) is 35.4 Å². The summed E-state index contributed by atoms with van der Waals surface area (Å²) in [5.74, 6) is 2.06. The van der Waals surface area contributed by atoms with Gasteiger partial charge < -0.3 is 10.5 Å². The molecule has 2 rings (SSSR count). The van der Waals surface area contributed by atoms with Crippen molar-refractivity contribution in [2.75, 3.05) is 18.1 Å². The molecule has 2 nitrogen and oxygen atoms in total. The minimum absolute atomic E-state index is 0.141. The molecular formula is C14H21NOS. The predicted molar refractivity (Wildman–Crippen MR) is 74.4 cm³/mol. The Kier molecular flexibility index (Phi) is 4.89. The van der Waals surface area contributed by atoms with Crippen LogP contribution in [0.15, 0.2) is 24.3 Å². The minimum atomic E-state index is 0.141. The van der Waals surface area contributed by atoms with Gasteiger partial charge in [-0.25, -0.2) is 0 Å². The van der Waals surface area contributed by atoms with Gasteiger partial charge in [0.2, 0.25) is 0 Å². The molecule has 1 aromatic carbocycles. The molecule has 1 heterocycles.